The highest BCUT2D eigenvalue weighted by Gasteiger charge is 2.33. The van der Waals surface area contributed by atoms with E-state index >= 15 is 0 Å². The Bertz CT molecular complexity index is 1540. The molecule has 5 nitrogen and oxygen atoms in total. The maximum Gasteiger partial charge on any atom is 0.266 e. The van der Waals surface area contributed by atoms with Crippen LogP contribution in [0.15, 0.2) is 111 Å². The van der Waals surface area contributed by atoms with Crippen LogP contribution in [0.25, 0.3) is 6.08 Å². The van der Waals surface area contributed by atoms with Gasteiger partial charge in [0, 0.05) is 6.54 Å². The number of hydrogen-bond acceptors (Lipinski definition) is 5. The highest BCUT2D eigenvalue weighted by atomic mass is 79.9. The molecule has 0 aliphatic carbocycles. The molecule has 5 rings (SSSR count). The summed E-state index contributed by atoms with van der Waals surface area (Å²) in [4.78, 5) is 20.9. The van der Waals surface area contributed by atoms with Crippen molar-refractivity contribution in [3.8, 4) is 11.5 Å². The zero-order valence-electron chi connectivity index (χ0n) is 22.3. The number of benzene rings is 4. The van der Waals surface area contributed by atoms with E-state index in [4.69, 9.17) is 14.5 Å². The van der Waals surface area contributed by atoms with Gasteiger partial charge >= 0.3 is 0 Å². The fraction of sp³-hybridized carbons (Fsp3) is 0.152. The molecule has 0 saturated carbocycles. The van der Waals surface area contributed by atoms with E-state index in [1.54, 1.807) is 12.0 Å². The molecule has 0 bridgehead atoms. The van der Waals surface area contributed by atoms with Crippen LogP contribution in [-0.4, -0.2) is 29.6 Å². The summed E-state index contributed by atoms with van der Waals surface area (Å²) in [5.41, 5.74) is 5.04. The molecule has 1 fully saturated rings. The van der Waals surface area contributed by atoms with E-state index in [2.05, 4.69) is 28.1 Å². The van der Waals surface area contributed by atoms with Crippen molar-refractivity contribution in [3.05, 3.63) is 129 Å². The standard InChI is InChI=1S/C33H29BrN2O3S/c1-23-13-15-27(16-14-23)35-33-36(18-17-24-9-5-3-6-10-24)32(37)30(40-33)21-26-19-28(34)31(29(20-26)38-2)39-22-25-11-7-4-8-12-25/h3-16,19-21H,17-18,22H2,1-2H3/b30-21+,35-33?. The molecule has 4 aromatic carbocycles. The van der Waals surface area contributed by atoms with Gasteiger partial charge in [0.25, 0.3) is 5.91 Å². The van der Waals surface area contributed by atoms with Gasteiger partial charge in [0.05, 0.1) is 22.2 Å². The number of amidine groups is 1. The lowest BCUT2D eigenvalue weighted by molar-refractivity contribution is -0.122. The summed E-state index contributed by atoms with van der Waals surface area (Å²) in [5, 5.41) is 0.671. The number of amides is 1. The predicted molar refractivity (Wildman–Crippen MR) is 167 cm³/mol. The lowest BCUT2D eigenvalue weighted by Crippen LogP contribution is -2.31. The molecule has 0 unspecified atom stereocenters. The van der Waals surface area contributed by atoms with E-state index in [0.29, 0.717) is 34.7 Å². The van der Waals surface area contributed by atoms with Crippen molar-refractivity contribution in [3.63, 3.8) is 0 Å². The lowest BCUT2D eigenvalue weighted by atomic mass is 10.1. The molecule has 0 radical (unpaired) electrons. The van der Waals surface area contributed by atoms with Crippen molar-refractivity contribution < 1.29 is 14.3 Å². The molecule has 0 aromatic heterocycles. The number of hydrogen-bond donors (Lipinski definition) is 0. The van der Waals surface area contributed by atoms with Crippen LogP contribution in [0.2, 0.25) is 0 Å². The van der Waals surface area contributed by atoms with Crippen molar-refractivity contribution in [1.82, 2.24) is 4.90 Å². The van der Waals surface area contributed by atoms with E-state index < -0.39 is 0 Å². The summed E-state index contributed by atoms with van der Waals surface area (Å²) in [7, 11) is 1.61. The topological polar surface area (TPSA) is 51.1 Å². The molecular weight excluding hydrogens is 584 g/mol. The van der Waals surface area contributed by atoms with Crippen molar-refractivity contribution in [2.45, 2.75) is 20.0 Å². The monoisotopic (exact) mass is 612 g/mol. The van der Waals surface area contributed by atoms with Crippen molar-refractivity contribution in [1.29, 1.82) is 0 Å². The van der Waals surface area contributed by atoms with Crippen LogP contribution >= 0.6 is 27.7 Å². The van der Waals surface area contributed by atoms with E-state index in [0.717, 1.165) is 33.3 Å². The fourth-order valence-corrected chi connectivity index (χ4v) is 5.85. The third-order valence-electron chi connectivity index (χ3n) is 6.39. The molecule has 202 valence electrons. The van der Waals surface area contributed by atoms with Gasteiger partial charge in [-0.1, -0.05) is 78.4 Å². The van der Waals surface area contributed by atoms with Gasteiger partial charge in [0.1, 0.15) is 6.61 Å². The number of rotatable bonds is 9. The molecule has 0 N–H and O–H groups in total. The van der Waals surface area contributed by atoms with E-state index in [1.807, 2.05) is 97.9 Å². The molecule has 4 aromatic rings. The van der Waals surface area contributed by atoms with Gasteiger partial charge in [0.15, 0.2) is 16.7 Å². The van der Waals surface area contributed by atoms with Gasteiger partial charge in [-0.05, 0) is 88.1 Å². The zero-order chi connectivity index (χ0) is 27.9. The molecule has 40 heavy (non-hydrogen) atoms. The number of aryl methyl sites for hydroxylation is 1. The maximum absolute atomic E-state index is 13.6. The highest BCUT2D eigenvalue weighted by Crippen LogP contribution is 2.40. The van der Waals surface area contributed by atoms with E-state index in [9.17, 15) is 4.79 Å². The first-order chi connectivity index (χ1) is 19.5. The maximum atomic E-state index is 13.6. The molecule has 1 saturated heterocycles. The Morgan fingerprint density at radius 3 is 2.27 bits per heavy atom. The normalized spacial score (nSPS) is 15.2. The van der Waals surface area contributed by atoms with Crippen LogP contribution in [0.5, 0.6) is 11.5 Å². The minimum absolute atomic E-state index is 0.0636. The average molecular weight is 614 g/mol. The lowest BCUT2D eigenvalue weighted by Gasteiger charge is -2.15. The number of ether oxygens (including phenoxy) is 2. The number of nitrogens with zero attached hydrogens (tertiary/aromatic N) is 2. The number of halogens is 1. The molecule has 0 atom stereocenters. The number of carbonyl (C=O) groups is 1. The van der Waals surface area contributed by atoms with Crippen molar-refractivity contribution >= 4 is 50.5 Å². The Labute approximate surface area is 247 Å². The third kappa shape index (κ3) is 6.84. The SMILES string of the molecule is COc1cc(/C=C2/SC(=Nc3ccc(C)cc3)N(CCc3ccccc3)C2=O)cc(Br)c1OCc1ccccc1. The summed E-state index contributed by atoms with van der Waals surface area (Å²) >= 11 is 5.03. The van der Waals surface area contributed by atoms with Gasteiger partial charge in [0.2, 0.25) is 0 Å². The van der Waals surface area contributed by atoms with Gasteiger partial charge in [-0.15, -0.1) is 0 Å². The Balaban J connectivity index is 1.41. The van der Waals surface area contributed by atoms with Crippen LogP contribution in [-0.2, 0) is 17.8 Å². The summed E-state index contributed by atoms with van der Waals surface area (Å²) in [6, 6.07) is 32.0. The molecular formula is C33H29BrN2O3S. The summed E-state index contributed by atoms with van der Waals surface area (Å²) in [6.45, 7) is 3.00. The van der Waals surface area contributed by atoms with Gasteiger partial charge in [-0.2, -0.15) is 0 Å². The Kier molecular flexibility index (Phi) is 9.04. The van der Waals surface area contributed by atoms with Crippen molar-refractivity contribution in [2.75, 3.05) is 13.7 Å². The minimum Gasteiger partial charge on any atom is -0.493 e. The number of thioether (sulfide) groups is 1. The number of aliphatic imine (C=N–C) groups is 1. The van der Waals surface area contributed by atoms with Crippen LogP contribution in [0.1, 0.15) is 22.3 Å². The average Bonchev–Trinajstić information content (AvgIpc) is 3.26. The largest absolute Gasteiger partial charge is 0.493 e. The minimum atomic E-state index is -0.0636. The summed E-state index contributed by atoms with van der Waals surface area (Å²) < 4.78 is 12.5. The Morgan fingerprint density at radius 2 is 1.60 bits per heavy atom. The molecule has 1 amide bonds. The summed E-state index contributed by atoms with van der Waals surface area (Å²) in [5.74, 6) is 1.14. The van der Waals surface area contributed by atoms with Crippen LogP contribution < -0.4 is 9.47 Å². The van der Waals surface area contributed by atoms with Crippen LogP contribution in [0.4, 0.5) is 5.69 Å². The predicted octanol–water partition coefficient (Wildman–Crippen LogP) is 8.19. The second kappa shape index (κ2) is 13.0. The molecule has 0 spiro atoms. The smallest absolute Gasteiger partial charge is 0.266 e. The Morgan fingerprint density at radius 1 is 0.925 bits per heavy atom. The van der Waals surface area contributed by atoms with Gasteiger partial charge in [-0.3, -0.25) is 9.69 Å². The summed E-state index contributed by atoms with van der Waals surface area (Å²) in [6.07, 6.45) is 2.62. The highest BCUT2D eigenvalue weighted by molar-refractivity contribution is 9.10. The second-order valence-corrected chi connectivity index (χ2v) is 11.2. The van der Waals surface area contributed by atoms with Crippen molar-refractivity contribution in [2.24, 2.45) is 4.99 Å². The van der Waals surface area contributed by atoms with E-state index in [-0.39, 0.29) is 5.91 Å². The first kappa shape index (κ1) is 27.7. The first-order valence-corrected chi connectivity index (χ1v) is 14.6. The quantitative estimate of drug-likeness (QED) is 0.179. The molecule has 1 aliphatic rings. The van der Waals surface area contributed by atoms with Crippen LogP contribution in [0, 0.1) is 6.92 Å². The Hall–Kier alpha value is -3.81. The first-order valence-electron chi connectivity index (χ1n) is 12.9. The molecule has 1 heterocycles. The second-order valence-electron chi connectivity index (χ2n) is 9.34. The fourth-order valence-electron chi connectivity index (χ4n) is 4.25. The van der Waals surface area contributed by atoms with Gasteiger partial charge < -0.3 is 9.47 Å². The van der Waals surface area contributed by atoms with Crippen LogP contribution in [0.3, 0.4) is 0 Å². The molecule has 1 aliphatic heterocycles. The third-order valence-corrected chi connectivity index (χ3v) is 7.98. The van der Waals surface area contributed by atoms with E-state index in [1.165, 1.54) is 17.3 Å². The zero-order valence-corrected chi connectivity index (χ0v) is 24.7. The van der Waals surface area contributed by atoms with Gasteiger partial charge in [-0.25, -0.2) is 4.99 Å². The number of carbonyl (C=O) groups excluding carboxylic acids is 1. The number of methoxy groups -OCH3 is 1. The molecule has 7 heteroatoms.